The molecule has 1 N–H and O–H groups in total. The molecular formula is C18H32N2O. The van der Waals surface area contributed by atoms with Crippen LogP contribution in [0.2, 0.25) is 0 Å². The van der Waals surface area contributed by atoms with Crippen LogP contribution in [0.1, 0.15) is 38.3 Å². The molecule has 0 aliphatic heterocycles. The van der Waals surface area contributed by atoms with Crippen molar-refractivity contribution < 1.29 is 4.74 Å². The average molecular weight is 292 g/mol. The van der Waals surface area contributed by atoms with E-state index in [2.05, 4.69) is 62.3 Å². The van der Waals surface area contributed by atoms with Gasteiger partial charge in [-0.15, -0.1) is 0 Å². The molecule has 0 saturated heterocycles. The van der Waals surface area contributed by atoms with Gasteiger partial charge in [0.2, 0.25) is 0 Å². The van der Waals surface area contributed by atoms with Crippen molar-refractivity contribution in [3.63, 3.8) is 0 Å². The SMILES string of the molecule is CCCNCCc1ccccc1CN(C)CCOC(C)C. The molecule has 0 aliphatic carbocycles. The van der Waals surface area contributed by atoms with Crippen LogP contribution in [0.4, 0.5) is 0 Å². The van der Waals surface area contributed by atoms with Crippen LogP contribution in [0, 0.1) is 0 Å². The van der Waals surface area contributed by atoms with Gasteiger partial charge in [0.05, 0.1) is 12.7 Å². The van der Waals surface area contributed by atoms with Crippen molar-refractivity contribution in [1.29, 1.82) is 0 Å². The van der Waals surface area contributed by atoms with Crippen LogP contribution < -0.4 is 5.32 Å². The third-order valence-electron chi connectivity index (χ3n) is 3.48. The van der Waals surface area contributed by atoms with Gasteiger partial charge in [-0.25, -0.2) is 0 Å². The summed E-state index contributed by atoms with van der Waals surface area (Å²) in [6.07, 6.45) is 2.61. The lowest BCUT2D eigenvalue weighted by Crippen LogP contribution is -2.25. The monoisotopic (exact) mass is 292 g/mol. The molecule has 1 aromatic rings. The van der Waals surface area contributed by atoms with Crippen LogP contribution in [-0.2, 0) is 17.7 Å². The van der Waals surface area contributed by atoms with Crippen LogP contribution in [-0.4, -0.2) is 44.3 Å². The molecule has 0 amide bonds. The van der Waals surface area contributed by atoms with E-state index in [1.165, 1.54) is 17.5 Å². The highest BCUT2D eigenvalue weighted by Gasteiger charge is 2.05. The van der Waals surface area contributed by atoms with E-state index in [9.17, 15) is 0 Å². The van der Waals surface area contributed by atoms with Gasteiger partial charge in [-0.2, -0.15) is 0 Å². The topological polar surface area (TPSA) is 24.5 Å². The number of hydrogen-bond acceptors (Lipinski definition) is 3. The molecule has 1 rings (SSSR count). The molecule has 0 aliphatic rings. The highest BCUT2D eigenvalue weighted by molar-refractivity contribution is 5.27. The molecule has 0 unspecified atom stereocenters. The molecule has 0 bridgehead atoms. The predicted molar refractivity (Wildman–Crippen MR) is 90.7 cm³/mol. The maximum Gasteiger partial charge on any atom is 0.0596 e. The van der Waals surface area contributed by atoms with Crippen molar-refractivity contribution in [2.45, 2.75) is 46.3 Å². The lowest BCUT2D eigenvalue weighted by Gasteiger charge is -2.19. The first-order chi connectivity index (χ1) is 10.1. The Morgan fingerprint density at radius 3 is 2.52 bits per heavy atom. The molecule has 0 spiro atoms. The number of benzene rings is 1. The third-order valence-corrected chi connectivity index (χ3v) is 3.48. The Bertz CT molecular complexity index is 379. The highest BCUT2D eigenvalue weighted by atomic mass is 16.5. The third kappa shape index (κ3) is 8.20. The van der Waals surface area contributed by atoms with E-state index in [-0.39, 0.29) is 0 Å². The van der Waals surface area contributed by atoms with Gasteiger partial charge in [-0.05, 0) is 58.0 Å². The summed E-state index contributed by atoms with van der Waals surface area (Å²) < 4.78 is 5.62. The summed E-state index contributed by atoms with van der Waals surface area (Å²) in [6.45, 7) is 11.3. The van der Waals surface area contributed by atoms with E-state index in [4.69, 9.17) is 4.74 Å². The van der Waals surface area contributed by atoms with Gasteiger partial charge in [-0.3, -0.25) is 4.90 Å². The molecule has 3 nitrogen and oxygen atoms in total. The largest absolute Gasteiger partial charge is 0.377 e. The fraction of sp³-hybridized carbons (Fsp3) is 0.667. The fourth-order valence-electron chi connectivity index (χ4n) is 2.29. The fourth-order valence-corrected chi connectivity index (χ4v) is 2.29. The van der Waals surface area contributed by atoms with Crippen molar-refractivity contribution in [2.24, 2.45) is 0 Å². The molecule has 0 atom stereocenters. The van der Waals surface area contributed by atoms with Crippen LogP contribution in [0.5, 0.6) is 0 Å². The number of ether oxygens (including phenoxy) is 1. The molecular weight excluding hydrogens is 260 g/mol. The van der Waals surface area contributed by atoms with Crippen molar-refractivity contribution in [1.82, 2.24) is 10.2 Å². The Hall–Kier alpha value is -0.900. The van der Waals surface area contributed by atoms with Crippen molar-refractivity contribution in [3.8, 4) is 0 Å². The summed E-state index contributed by atoms with van der Waals surface area (Å²) in [4.78, 5) is 2.33. The second kappa shape index (κ2) is 10.8. The molecule has 3 heteroatoms. The Balaban J connectivity index is 2.42. The lowest BCUT2D eigenvalue weighted by atomic mass is 10.0. The molecule has 21 heavy (non-hydrogen) atoms. The van der Waals surface area contributed by atoms with E-state index >= 15 is 0 Å². The number of nitrogens with one attached hydrogen (secondary N) is 1. The number of likely N-dealkylation sites (N-methyl/N-ethyl adjacent to an activating group) is 1. The predicted octanol–water partition coefficient (Wildman–Crippen LogP) is 3.09. The van der Waals surface area contributed by atoms with E-state index in [0.29, 0.717) is 6.10 Å². The number of rotatable bonds is 11. The first kappa shape index (κ1) is 18.1. The van der Waals surface area contributed by atoms with Gasteiger partial charge in [0, 0.05) is 13.1 Å². The van der Waals surface area contributed by atoms with Crippen LogP contribution in [0.25, 0.3) is 0 Å². The smallest absolute Gasteiger partial charge is 0.0596 e. The van der Waals surface area contributed by atoms with Gasteiger partial charge < -0.3 is 10.1 Å². The van der Waals surface area contributed by atoms with Crippen LogP contribution in [0.3, 0.4) is 0 Å². The Morgan fingerprint density at radius 1 is 1.14 bits per heavy atom. The molecule has 0 fully saturated rings. The number of nitrogens with zero attached hydrogens (tertiary/aromatic N) is 1. The lowest BCUT2D eigenvalue weighted by molar-refractivity contribution is 0.0626. The van der Waals surface area contributed by atoms with Gasteiger partial charge in [-0.1, -0.05) is 31.2 Å². The van der Waals surface area contributed by atoms with E-state index < -0.39 is 0 Å². The van der Waals surface area contributed by atoms with Gasteiger partial charge in [0.25, 0.3) is 0 Å². The summed E-state index contributed by atoms with van der Waals surface area (Å²) in [7, 11) is 2.16. The summed E-state index contributed by atoms with van der Waals surface area (Å²) in [5, 5.41) is 3.48. The standard InChI is InChI=1S/C18H32N2O/c1-5-11-19-12-10-17-8-6-7-9-18(17)15-20(4)13-14-21-16(2)3/h6-9,16,19H,5,10-15H2,1-4H3. The maximum atomic E-state index is 5.62. The first-order valence-electron chi connectivity index (χ1n) is 8.21. The zero-order chi connectivity index (χ0) is 15.5. The van der Waals surface area contributed by atoms with Crippen molar-refractivity contribution >= 4 is 0 Å². The van der Waals surface area contributed by atoms with E-state index in [1.54, 1.807) is 0 Å². The quantitative estimate of drug-likeness (QED) is 0.634. The summed E-state index contributed by atoms with van der Waals surface area (Å²) in [5.74, 6) is 0. The van der Waals surface area contributed by atoms with Gasteiger partial charge >= 0.3 is 0 Å². The molecule has 120 valence electrons. The Labute approximate surface area is 130 Å². The van der Waals surface area contributed by atoms with Crippen LogP contribution in [0.15, 0.2) is 24.3 Å². The van der Waals surface area contributed by atoms with Crippen molar-refractivity contribution in [3.05, 3.63) is 35.4 Å². The first-order valence-corrected chi connectivity index (χ1v) is 8.21. The summed E-state index contributed by atoms with van der Waals surface area (Å²) in [6, 6.07) is 8.77. The molecule has 0 radical (unpaired) electrons. The molecule has 0 aromatic heterocycles. The van der Waals surface area contributed by atoms with Gasteiger partial charge in [0.15, 0.2) is 0 Å². The summed E-state index contributed by atoms with van der Waals surface area (Å²) >= 11 is 0. The van der Waals surface area contributed by atoms with Gasteiger partial charge in [0.1, 0.15) is 0 Å². The zero-order valence-corrected chi connectivity index (χ0v) is 14.2. The number of hydrogen-bond donors (Lipinski definition) is 1. The Morgan fingerprint density at radius 2 is 1.86 bits per heavy atom. The highest BCUT2D eigenvalue weighted by Crippen LogP contribution is 2.11. The molecule has 1 aromatic carbocycles. The molecule has 0 saturated carbocycles. The molecule has 0 heterocycles. The second-order valence-corrected chi connectivity index (χ2v) is 5.93. The minimum atomic E-state index is 0.315. The zero-order valence-electron chi connectivity index (χ0n) is 14.2. The van der Waals surface area contributed by atoms with E-state index in [0.717, 1.165) is 39.2 Å². The minimum absolute atomic E-state index is 0.315. The van der Waals surface area contributed by atoms with Crippen molar-refractivity contribution in [2.75, 3.05) is 33.3 Å². The normalized spacial score (nSPS) is 11.5. The summed E-state index contributed by atoms with van der Waals surface area (Å²) in [5.41, 5.74) is 2.89. The minimum Gasteiger partial charge on any atom is -0.377 e. The average Bonchev–Trinajstić information content (AvgIpc) is 2.45. The van der Waals surface area contributed by atoms with Crippen LogP contribution >= 0.6 is 0 Å². The Kier molecular flexibility index (Phi) is 9.31. The maximum absolute atomic E-state index is 5.62. The van der Waals surface area contributed by atoms with E-state index in [1.807, 2.05) is 0 Å². The second-order valence-electron chi connectivity index (χ2n) is 5.93.